The van der Waals surface area contributed by atoms with Crippen LogP contribution in [0.1, 0.15) is 5.56 Å². The molecule has 0 amide bonds. The van der Waals surface area contributed by atoms with Gasteiger partial charge in [0.2, 0.25) is 0 Å². The van der Waals surface area contributed by atoms with Gasteiger partial charge in [0.1, 0.15) is 0 Å². The van der Waals surface area contributed by atoms with E-state index in [0.717, 1.165) is 13.7 Å². The zero-order chi connectivity index (χ0) is 7.56. The molecule has 0 N–H and O–H groups in total. The molecule has 0 spiro atoms. The van der Waals surface area contributed by atoms with E-state index in [-0.39, 0.29) is 0 Å². The molecule has 0 aliphatic carbocycles. The standard InChI is InChI=1S/C6H3BrClNS/c7-6-4(1-2-9)3-5(8)10-6/h3H,1H2. The number of hydrogen-bond donors (Lipinski definition) is 0. The van der Waals surface area contributed by atoms with E-state index in [1.807, 2.05) is 0 Å². The number of hydrogen-bond acceptors (Lipinski definition) is 2. The molecule has 1 rings (SSSR count). The van der Waals surface area contributed by atoms with Crippen LogP contribution in [-0.2, 0) is 6.42 Å². The van der Waals surface area contributed by atoms with Gasteiger partial charge in [-0.05, 0) is 27.6 Å². The fourth-order valence-corrected chi connectivity index (χ4v) is 2.64. The topological polar surface area (TPSA) is 23.8 Å². The van der Waals surface area contributed by atoms with Crippen LogP contribution in [0.2, 0.25) is 4.34 Å². The van der Waals surface area contributed by atoms with Crippen molar-refractivity contribution in [1.82, 2.24) is 0 Å². The first kappa shape index (κ1) is 8.06. The Hall–Kier alpha value is -0.0400. The highest BCUT2D eigenvalue weighted by Crippen LogP contribution is 2.31. The van der Waals surface area contributed by atoms with Crippen LogP contribution in [0.3, 0.4) is 0 Å². The lowest BCUT2D eigenvalue weighted by Crippen LogP contribution is -1.74. The summed E-state index contributed by atoms with van der Waals surface area (Å²) in [5.74, 6) is 0. The Morgan fingerprint density at radius 3 is 2.90 bits per heavy atom. The SMILES string of the molecule is N#CCc1cc(Cl)sc1Br. The molecular weight excluding hydrogens is 233 g/mol. The second-order valence-electron chi connectivity index (χ2n) is 1.68. The maximum Gasteiger partial charge on any atom is 0.0943 e. The average molecular weight is 237 g/mol. The van der Waals surface area contributed by atoms with Crippen LogP contribution >= 0.6 is 38.9 Å². The van der Waals surface area contributed by atoms with Crippen LogP contribution in [0.15, 0.2) is 9.85 Å². The maximum atomic E-state index is 8.34. The predicted octanol–water partition coefficient (Wildman–Crippen LogP) is 3.23. The molecule has 0 saturated heterocycles. The summed E-state index contributed by atoms with van der Waals surface area (Å²) in [5, 5.41) is 8.34. The fraction of sp³-hybridized carbons (Fsp3) is 0.167. The van der Waals surface area contributed by atoms with Crippen LogP contribution in [0.25, 0.3) is 0 Å². The Morgan fingerprint density at radius 2 is 2.50 bits per heavy atom. The maximum absolute atomic E-state index is 8.34. The van der Waals surface area contributed by atoms with Crippen molar-refractivity contribution in [3.63, 3.8) is 0 Å². The van der Waals surface area contributed by atoms with Gasteiger partial charge in [-0.2, -0.15) is 5.26 Å². The van der Waals surface area contributed by atoms with Gasteiger partial charge < -0.3 is 0 Å². The first-order valence-electron chi connectivity index (χ1n) is 2.54. The van der Waals surface area contributed by atoms with Gasteiger partial charge in [0.15, 0.2) is 0 Å². The second-order valence-corrected chi connectivity index (χ2v) is 4.69. The summed E-state index contributed by atoms with van der Waals surface area (Å²) >= 11 is 10.4. The Labute approximate surface area is 76.4 Å². The molecule has 4 heteroatoms. The molecular formula is C6H3BrClNS. The molecule has 0 bridgehead atoms. The molecule has 1 heterocycles. The van der Waals surface area contributed by atoms with Crippen molar-refractivity contribution in [3.05, 3.63) is 19.8 Å². The van der Waals surface area contributed by atoms with E-state index >= 15 is 0 Å². The van der Waals surface area contributed by atoms with Crippen LogP contribution in [-0.4, -0.2) is 0 Å². The summed E-state index contributed by atoms with van der Waals surface area (Å²) in [6.45, 7) is 0. The molecule has 0 aromatic carbocycles. The van der Waals surface area contributed by atoms with E-state index in [4.69, 9.17) is 16.9 Å². The summed E-state index contributed by atoms with van der Waals surface area (Å²) in [4.78, 5) is 0. The molecule has 52 valence electrons. The number of nitriles is 1. The van der Waals surface area contributed by atoms with Crippen LogP contribution in [0.5, 0.6) is 0 Å². The minimum absolute atomic E-state index is 0.420. The van der Waals surface area contributed by atoms with Gasteiger partial charge in [0.25, 0.3) is 0 Å². The summed E-state index contributed by atoms with van der Waals surface area (Å²) in [7, 11) is 0. The lowest BCUT2D eigenvalue weighted by atomic mass is 10.3. The molecule has 0 saturated carbocycles. The smallest absolute Gasteiger partial charge is 0.0943 e. The Morgan fingerprint density at radius 1 is 1.80 bits per heavy atom. The summed E-state index contributed by atoms with van der Waals surface area (Å²) in [6, 6.07) is 3.86. The number of thiophene rings is 1. The Bertz CT molecular complexity index is 276. The Balaban J connectivity index is 2.94. The highest BCUT2D eigenvalue weighted by atomic mass is 79.9. The van der Waals surface area contributed by atoms with Crippen LogP contribution in [0, 0.1) is 11.3 Å². The minimum atomic E-state index is 0.420. The zero-order valence-corrected chi connectivity index (χ0v) is 8.05. The van der Waals surface area contributed by atoms with Crippen LogP contribution in [0.4, 0.5) is 0 Å². The lowest BCUT2D eigenvalue weighted by molar-refractivity contribution is 1.27. The fourth-order valence-electron chi connectivity index (χ4n) is 0.580. The van der Waals surface area contributed by atoms with Gasteiger partial charge in [-0.1, -0.05) is 11.6 Å². The van der Waals surface area contributed by atoms with Crippen molar-refractivity contribution in [2.75, 3.05) is 0 Å². The molecule has 0 aliphatic heterocycles. The second kappa shape index (κ2) is 3.38. The highest BCUT2D eigenvalue weighted by molar-refractivity contribution is 9.11. The zero-order valence-electron chi connectivity index (χ0n) is 4.90. The Kier molecular flexibility index (Phi) is 2.72. The summed E-state index contributed by atoms with van der Waals surface area (Å²) in [5.41, 5.74) is 0.970. The number of nitrogens with zero attached hydrogens (tertiary/aromatic N) is 1. The first-order chi connectivity index (χ1) is 4.74. The van der Waals surface area contributed by atoms with Crippen LogP contribution < -0.4 is 0 Å². The van der Waals surface area contributed by atoms with Gasteiger partial charge in [0.05, 0.1) is 20.6 Å². The molecule has 0 aliphatic rings. The molecule has 0 unspecified atom stereocenters. The van der Waals surface area contributed by atoms with Crippen molar-refractivity contribution < 1.29 is 0 Å². The van der Waals surface area contributed by atoms with E-state index in [2.05, 4.69) is 22.0 Å². The van der Waals surface area contributed by atoms with Gasteiger partial charge >= 0.3 is 0 Å². The molecule has 0 fully saturated rings. The van der Waals surface area contributed by atoms with Gasteiger partial charge in [-0.15, -0.1) is 11.3 Å². The molecule has 0 radical (unpaired) electrons. The first-order valence-corrected chi connectivity index (χ1v) is 4.53. The molecule has 10 heavy (non-hydrogen) atoms. The molecule has 0 atom stereocenters. The van der Waals surface area contributed by atoms with Crippen molar-refractivity contribution in [2.45, 2.75) is 6.42 Å². The molecule has 1 nitrogen and oxygen atoms in total. The third-order valence-corrected chi connectivity index (χ3v) is 3.09. The van der Waals surface area contributed by atoms with E-state index in [9.17, 15) is 0 Å². The van der Waals surface area contributed by atoms with Crippen molar-refractivity contribution >= 4 is 38.9 Å². The van der Waals surface area contributed by atoms with E-state index in [1.54, 1.807) is 6.07 Å². The normalized spacial score (nSPS) is 9.30. The average Bonchev–Trinajstić information content (AvgIpc) is 2.13. The largest absolute Gasteiger partial charge is 0.198 e. The van der Waals surface area contributed by atoms with E-state index in [1.165, 1.54) is 11.3 Å². The lowest BCUT2D eigenvalue weighted by Gasteiger charge is -1.83. The molecule has 1 aromatic rings. The number of rotatable bonds is 1. The summed E-state index contributed by atoms with van der Waals surface area (Å²) in [6.07, 6.45) is 0.420. The minimum Gasteiger partial charge on any atom is -0.198 e. The third kappa shape index (κ3) is 1.72. The third-order valence-electron chi connectivity index (χ3n) is 0.997. The van der Waals surface area contributed by atoms with Gasteiger partial charge in [0, 0.05) is 0 Å². The van der Waals surface area contributed by atoms with E-state index in [0.29, 0.717) is 6.42 Å². The van der Waals surface area contributed by atoms with Gasteiger partial charge in [-0.3, -0.25) is 0 Å². The monoisotopic (exact) mass is 235 g/mol. The van der Waals surface area contributed by atoms with Crippen molar-refractivity contribution in [2.24, 2.45) is 0 Å². The molecule has 1 aromatic heterocycles. The van der Waals surface area contributed by atoms with Crippen molar-refractivity contribution in [1.29, 1.82) is 5.26 Å². The highest BCUT2D eigenvalue weighted by Gasteiger charge is 2.03. The van der Waals surface area contributed by atoms with Crippen molar-refractivity contribution in [3.8, 4) is 6.07 Å². The summed E-state index contributed by atoms with van der Waals surface area (Å²) < 4.78 is 1.68. The van der Waals surface area contributed by atoms with E-state index < -0.39 is 0 Å². The van der Waals surface area contributed by atoms with Gasteiger partial charge in [-0.25, -0.2) is 0 Å². The number of halogens is 2. The predicted molar refractivity (Wildman–Crippen MR) is 46.3 cm³/mol. The quantitative estimate of drug-likeness (QED) is 0.734.